The average Bonchev–Trinajstić information content (AvgIpc) is 2.89. The van der Waals surface area contributed by atoms with E-state index in [1.54, 1.807) is 24.3 Å². The lowest BCUT2D eigenvalue weighted by atomic mass is 10.2. The van der Waals surface area contributed by atoms with Crippen LogP contribution in [-0.2, 0) is 16.1 Å². The largest absolute Gasteiger partial charge is 0.465 e. The third kappa shape index (κ3) is 3.56. The van der Waals surface area contributed by atoms with Gasteiger partial charge in [0.25, 0.3) is 0 Å². The van der Waals surface area contributed by atoms with Crippen molar-refractivity contribution in [1.82, 2.24) is 4.57 Å². The van der Waals surface area contributed by atoms with E-state index in [0.29, 0.717) is 16.2 Å². The van der Waals surface area contributed by atoms with Gasteiger partial charge < -0.3 is 14.5 Å². The summed E-state index contributed by atoms with van der Waals surface area (Å²) in [6, 6.07) is 11.1. The van der Waals surface area contributed by atoms with Crippen molar-refractivity contribution in [3.8, 4) is 0 Å². The van der Waals surface area contributed by atoms with E-state index in [1.807, 2.05) is 0 Å². The van der Waals surface area contributed by atoms with Crippen molar-refractivity contribution >= 4 is 40.3 Å². The van der Waals surface area contributed by atoms with Gasteiger partial charge in [-0.15, -0.1) is 0 Å². The lowest BCUT2D eigenvalue weighted by Crippen LogP contribution is -2.24. The minimum Gasteiger partial charge on any atom is -0.465 e. The molecule has 3 rings (SSSR count). The van der Waals surface area contributed by atoms with E-state index in [2.05, 4.69) is 10.1 Å². The second kappa shape index (κ2) is 6.82. The van der Waals surface area contributed by atoms with Gasteiger partial charge in [-0.2, -0.15) is 0 Å². The normalized spacial score (nSPS) is 10.6. The number of nitrogens with one attached hydrogen (secondary N) is 1. The summed E-state index contributed by atoms with van der Waals surface area (Å²) in [7, 11) is 1.26. The number of halogens is 1. The van der Waals surface area contributed by atoms with Crippen molar-refractivity contribution < 1.29 is 18.7 Å². The van der Waals surface area contributed by atoms with Gasteiger partial charge in [0.2, 0.25) is 5.91 Å². The summed E-state index contributed by atoms with van der Waals surface area (Å²) in [6.45, 7) is -0.240. The summed E-state index contributed by atoms with van der Waals surface area (Å²) >= 11 is 5.87. The molecular formula is C17H13ClN2O5. The number of fused-ring (bicyclic) bond motifs is 1. The van der Waals surface area contributed by atoms with E-state index in [0.717, 1.165) is 0 Å². The Balaban J connectivity index is 1.86. The standard InChI is InChI=1S/C17H13ClN2O5/c1-24-16(22)10-5-6-13-14(7-10)25-17(23)20(13)9-15(21)19-12-4-2-3-11(18)8-12/h2-8H,9H2,1H3,(H,19,21). The van der Waals surface area contributed by atoms with Gasteiger partial charge in [-0.3, -0.25) is 9.36 Å². The summed E-state index contributed by atoms with van der Waals surface area (Å²) in [4.78, 5) is 35.7. The monoisotopic (exact) mass is 360 g/mol. The molecule has 1 N–H and O–H groups in total. The first kappa shape index (κ1) is 16.8. The Morgan fingerprint density at radius 3 is 2.76 bits per heavy atom. The van der Waals surface area contributed by atoms with Crippen LogP contribution < -0.4 is 11.1 Å². The number of ether oxygens (including phenoxy) is 1. The molecule has 0 fully saturated rings. The van der Waals surface area contributed by atoms with Gasteiger partial charge in [0.05, 0.1) is 18.2 Å². The minimum absolute atomic E-state index is 0.198. The predicted molar refractivity (Wildman–Crippen MR) is 91.9 cm³/mol. The average molecular weight is 361 g/mol. The molecule has 1 heterocycles. The molecule has 0 radical (unpaired) electrons. The van der Waals surface area contributed by atoms with Gasteiger partial charge in [0, 0.05) is 10.7 Å². The molecule has 0 aliphatic rings. The second-order valence-electron chi connectivity index (χ2n) is 5.19. The number of esters is 1. The van der Waals surface area contributed by atoms with E-state index in [1.165, 1.54) is 29.9 Å². The van der Waals surface area contributed by atoms with Crippen LogP contribution in [0.1, 0.15) is 10.4 Å². The molecule has 0 atom stereocenters. The number of hydrogen-bond acceptors (Lipinski definition) is 5. The number of nitrogens with zero attached hydrogens (tertiary/aromatic N) is 1. The summed E-state index contributed by atoms with van der Waals surface area (Å²) in [5.41, 5.74) is 1.37. The Morgan fingerprint density at radius 2 is 2.04 bits per heavy atom. The Kier molecular flexibility index (Phi) is 4.58. The molecule has 128 valence electrons. The van der Waals surface area contributed by atoms with Crippen LogP contribution >= 0.6 is 11.6 Å². The molecule has 0 aliphatic heterocycles. The van der Waals surface area contributed by atoms with Crippen molar-refractivity contribution in [3.05, 3.63) is 63.6 Å². The molecule has 0 aliphatic carbocycles. The second-order valence-corrected chi connectivity index (χ2v) is 5.62. The first-order chi connectivity index (χ1) is 12.0. The molecular weight excluding hydrogens is 348 g/mol. The Hall–Kier alpha value is -3.06. The molecule has 0 saturated carbocycles. The highest BCUT2D eigenvalue weighted by Crippen LogP contribution is 2.17. The van der Waals surface area contributed by atoms with Crippen LogP contribution in [0, 0.1) is 0 Å². The van der Waals surface area contributed by atoms with E-state index in [9.17, 15) is 14.4 Å². The topological polar surface area (TPSA) is 90.5 Å². The highest BCUT2D eigenvalue weighted by molar-refractivity contribution is 6.30. The van der Waals surface area contributed by atoms with E-state index in [-0.39, 0.29) is 17.7 Å². The van der Waals surface area contributed by atoms with Gasteiger partial charge in [-0.1, -0.05) is 17.7 Å². The molecule has 0 unspecified atom stereocenters. The third-order valence-corrected chi connectivity index (χ3v) is 3.73. The van der Waals surface area contributed by atoms with Crippen LogP contribution in [0.15, 0.2) is 51.7 Å². The van der Waals surface area contributed by atoms with Crippen LogP contribution in [0.2, 0.25) is 5.02 Å². The zero-order valence-corrected chi connectivity index (χ0v) is 13.9. The number of amides is 1. The molecule has 0 bridgehead atoms. The van der Waals surface area contributed by atoms with Gasteiger partial charge in [0.1, 0.15) is 6.54 Å². The van der Waals surface area contributed by atoms with Crippen LogP contribution in [0.25, 0.3) is 11.1 Å². The smallest absolute Gasteiger partial charge is 0.420 e. The summed E-state index contributed by atoms with van der Waals surface area (Å²) in [5, 5.41) is 3.14. The van der Waals surface area contributed by atoms with Gasteiger partial charge in [-0.05, 0) is 36.4 Å². The first-order valence-corrected chi connectivity index (χ1v) is 7.63. The molecule has 2 aromatic carbocycles. The number of aromatic nitrogens is 1. The highest BCUT2D eigenvalue weighted by atomic mass is 35.5. The van der Waals surface area contributed by atoms with Crippen LogP contribution in [0.3, 0.4) is 0 Å². The van der Waals surface area contributed by atoms with Gasteiger partial charge in [-0.25, -0.2) is 9.59 Å². The van der Waals surface area contributed by atoms with Crippen molar-refractivity contribution in [3.63, 3.8) is 0 Å². The molecule has 0 spiro atoms. The van der Waals surface area contributed by atoms with Crippen molar-refractivity contribution in [2.45, 2.75) is 6.54 Å². The van der Waals surface area contributed by atoms with Crippen molar-refractivity contribution in [1.29, 1.82) is 0 Å². The SMILES string of the molecule is COC(=O)c1ccc2c(c1)oc(=O)n2CC(=O)Nc1cccc(Cl)c1. The summed E-state index contributed by atoms with van der Waals surface area (Å²) in [6.07, 6.45) is 0. The van der Waals surface area contributed by atoms with Crippen LogP contribution in [-0.4, -0.2) is 23.6 Å². The van der Waals surface area contributed by atoms with Crippen molar-refractivity contribution in [2.24, 2.45) is 0 Å². The lowest BCUT2D eigenvalue weighted by molar-refractivity contribution is -0.116. The molecule has 7 nitrogen and oxygen atoms in total. The quantitative estimate of drug-likeness (QED) is 0.722. The molecule has 8 heteroatoms. The molecule has 3 aromatic rings. The molecule has 1 aromatic heterocycles. The van der Waals surface area contributed by atoms with Gasteiger partial charge in [0.15, 0.2) is 5.58 Å². The fraction of sp³-hybridized carbons (Fsp3) is 0.118. The number of hydrogen-bond donors (Lipinski definition) is 1. The zero-order valence-electron chi connectivity index (χ0n) is 13.1. The van der Waals surface area contributed by atoms with Crippen LogP contribution in [0.5, 0.6) is 0 Å². The van der Waals surface area contributed by atoms with E-state index >= 15 is 0 Å². The fourth-order valence-electron chi connectivity index (χ4n) is 2.37. The maximum Gasteiger partial charge on any atom is 0.420 e. The maximum absolute atomic E-state index is 12.2. The summed E-state index contributed by atoms with van der Waals surface area (Å²) < 4.78 is 10.9. The van der Waals surface area contributed by atoms with Crippen LogP contribution in [0.4, 0.5) is 5.69 Å². The number of rotatable bonds is 4. The molecule has 25 heavy (non-hydrogen) atoms. The van der Waals surface area contributed by atoms with E-state index < -0.39 is 17.6 Å². The number of benzene rings is 2. The van der Waals surface area contributed by atoms with E-state index in [4.69, 9.17) is 16.0 Å². The Labute approximate surface area is 146 Å². The minimum atomic E-state index is -0.696. The first-order valence-electron chi connectivity index (χ1n) is 7.25. The Bertz CT molecular complexity index is 1020. The number of methoxy groups -OCH3 is 1. The predicted octanol–water partition coefficient (Wildman–Crippen LogP) is 2.67. The lowest BCUT2D eigenvalue weighted by Gasteiger charge is -2.06. The highest BCUT2D eigenvalue weighted by Gasteiger charge is 2.15. The third-order valence-electron chi connectivity index (χ3n) is 3.50. The summed E-state index contributed by atoms with van der Waals surface area (Å²) in [5.74, 6) is -1.65. The zero-order chi connectivity index (χ0) is 18.0. The fourth-order valence-corrected chi connectivity index (χ4v) is 2.56. The number of oxazole rings is 1. The van der Waals surface area contributed by atoms with Gasteiger partial charge >= 0.3 is 11.7 Å². The maximum atomic E-state index is 12.2. The number of anilines is 1. The number of carbonyl (C=O) groups excluding carboxylic acids is 2. The number of carbonyl (C=O) groups is 2. The Morgan fingerprint density at radius 1 is 1.24 bits per heavy atom. The van der Waals surface area contributed by atoms with Crippen molar-refractivity contribution in [2.75, 3.05) is 12.4 Å². The molecule has 1 amide bonds. The molecule has 0 saturated heterocycles.